The van der Waals surface area contributed by atoms with Crippen LogP contribution in [0.3, 0.4) is 0 Å². The first-order valence-electron chi connectivity index (χ1n) is 9.49. The average Bonchev–Trinajstić information content (AvgIpc) is 2.60. The summed E-state index contributed by atoms with van der Waals surface area (Å²) in [6, 6.07) is 4.97. The first-order valence-corrected chi connectivity index (χ1v) is 9.49. The zero-order valence-corrected chi connectivity index (χ0v) is 16.5. The van der Waals surface area contributed by atoms with Crippen LogP contribution < -0.4 is 5.63 Å². The Hall–Kier alpha value is -2.34. The molecule has 1 aliphatic rings. The van der Waals surface area contributed by atoms with Crippen molar-refractivity contribution in [3.05, 3.63) is 39.7 Å². The number of carbonyl (C=O) groups is 1. The monoisotopic (exact) mass is 372 g/mol. The highest BCUT2D eigenvalue weighted by Gasteiger charge is 2.29. The Morgan fingerprint density at radius 2 is 1.78 bits per heavy atom. The Bertz CT molecular complexity index is 903. The number of aromatic hydroxyl groups is 1. The largest absolute Gasteiger partial charge is 0.508 e. The molecule has 6 heteroatoms. The Morgan fingerprint density at radius 1 is 1.11 bits per heavy atom. The summed E-state index contributed by atoms with van der Waals surface area (Å²) in [5, 5.41) is 10.9. The number of hydrogen-bond acceptors (Lipinski definition) is 5. The molecular weight excluding hydrogens is 344 g/mol. The lowest BCUT2D eigenvalue weighted by Crippen LogP contribution is -2.51. The fourth-order valence-electron chi connectivity index (χ4n) is 3.55. The highest BCUT2D eigenvalue weighted by atomic mass is 16.4. The third kappa shape index (κ3) is 4.16. The van der Waals surface area contributed by atoms with E-state index in [1.54, 1.807) is 0 Å². The van der Waals surface area contributed by atoms with Crippen LogP contribution in [0.1, 0.15) is 38.8 Å². The van der Waals surface area contributed by atoms with Crippen LogP contribution in [-0.4, -0.2) is 47.0 Å². The van der Waals surface area contributed by atoms with E-state index in [0.29, 0.717) is 31.6 Å². The Balaban J connectivity index is 1.80. The molecule has 1 aliphatic heterocycles. The number of nitrogens with zero attached hydrogens (tertiary/aromatic N) is 2. The maximum atomic E-state index is 12.4. The molecule has 27 heavy (non-hydrogen) atoms. The van der Waals surface area contributed by atoms with Crippen LogP contribution in [0.4, 0.5) is 0 Å². The molecule has 0 bridgehead atoms. The van der Waals surface area contributed by atoms with Gasteiger partial charge in [-0.15, -0.1) is 0 Å². The average molecular weight is 372 g/mol. The number of rotatable bonds is 3. The number of phenolic OH excluding ortho intramolecular Hbond substituents is 1. The number of hydrogen-bond donors (Lipinski definition) is 1. The second-order valence-electron chi connectivity index (χ2n) is 8.24. The number of carbonyl (C=O) groups excluding carboxylic acids is 1. The molecular formula is C21H28N2O4. The first-order chi connectivity index (χ1) is 12.7. The normalized spacial score (nSPS) is 16.1. The summed E-state index contributed by atoms with van der Waals surface area (Å²) in [6.45, 7) is 11.3. The Labute approximate surface area is 159 Å². The molecule has 0 spiro atoms. The topological polar surface area (TPSA) is 74.0 Å². The van der Waals surface area contributed by atoms with E-state index in [1.165, 1.54) is 12.1 Å². The molecule has 1 aromatic heterocycles. The summed E-state index contributed by atoms with van der Waals surface area (Å²) >= 11 is 0. The lowest BCUT2D eigenvalue weighted by Gasteiger charge is -2.37. The van der Waals surface area contributed by atoms with Crippen molar-refractivity contribution in [2.24, 2.45) is 5.41 Å². The van der Waals surface area contributed by atoms with Gasteiger partial charge in [-0.05, 0) is 23.6 Å². The summed E-state index contributed by atoms with van der Waals surface area (Å²) in [5.41, 5.74) is 1.36. The van der Waals surface area contributed by atoms with Crippen LogP contribution in [0.2, 0.25) is 0 Å². The van der Waals surface area contributed by atoms with Gasteiger partial charge in [-0.2, -0.15) is 0 Å². The van der Waals surface area contributed by atoms with Crippen molar-refractivity contribution in [3.63, 3.8) is 0 Å². The molecule has 6 nitrogen and oxygen atoms in total. The van der Waals surface area contributed by atoms with E-state index in [1.807, 2.05) is 38.7 Å². The minimum absolute atomic E-state index is 0.152. The predicted molar refractivity (Wildman–Crippen MR) is 105 cm³/mol. The summed E-state index contributed by atoms with van der Waals surface area (Å²) in [7, 11) is 0. The molecule has 2 heterocycles. The lowest BCUT2D eigenvalue weighted by atomic mass is 9.94. The van der Waals surface area contributed by atoms with Crippen LogP contribution in [0.15, 0.2) is 27.4 Å². The zero-order chi connectivity index (χ0) is 19.8. The van der Waals surface area contributed by atoms with Gasteiger partial charge in [0.1, 0.15) is 11.3 Å². The van der Waals surface area contributed by atoms with Crippen molar-refractivity contribution >= 4 is 16.9 Å². The van der Waals surface area contributed by atoms with E-state index in [-0.39, 0.29) is 17.1 Å². The van der Waals surface area contributed by atoms with Crippen LogP contribution in [-0.2, 0) is 17.8 Å². The molecule has 1 N–H and O–H groups in total. The molecule has 1 amide bonds. The molecule has 0 radical (unpaired) electrons. The van der Waals surface area contributed by atoms with Crippen molar-refractivity contribution in [2.75, 3.05) is 26.2 Å². The number of fused-ring (bicyclic) bond motifs is 1. The maximum Gasteiger partial charge on any atom is 0.336 e. The van der Waals surface area contributed by atoms with E-state index >= 15 is 0 Å². The van der Waals surface area contributed by atoms with Crippen LogP contribution in [0.25, 0.3) is 11.0 Å². The van der Waals surface area contributed by atoms with Crippen molar-refractivity contribution in [1.29, 1.82) is 0 Å². The van der Waals surface area contributed by atoms with Gasteiger partial charge in [0, 0.05) is 55.7 Å². The molecule has 3 rings (SSSR count). The molecule has 1 aromatic carbocycles. The van der Waals surface area contributed by atoms with Gasteiger partial charge in [-0.1, -0.05) is 27.7 Å². The van der Waals surface area contributed by atoms with Crippen molar-refractivity contribution in [1.82, 2.24) is 9.80 Å². The summed E-state index contributed by atoms with van der Waals surface area (Å²) in [4.78, 5) is 28.5. The fraction of sp³-hybridized carbons (Fsp3) is 0.524. The Morgan fingerprint density at radius 3 is 2.37 bits per heavy atom. The van der Waals surface area contributed by atoms with Crippen molar-refractivity contribution in [2.45, 2.75) is 40.7 Å². The summed E-state index contributed by atoms with van der Waals surface area (Å²) in [6.07, 6.45) is 0.702. The van der Waals surface area contributed by atoms with Crippen molar-refractivity contribution < 1.29 is 14.3 Å². The minimum Gasteiger partial charge on any atom is -0.508 e. The van der Waals surface area contributed by atoms with E-state index in [4.69, 9.17) is 4.42 Å². The number of phenols is 1. The van der Waals surface area contributed by atoms with E-state index in [2.05, 4.69) is 4.90 Å². The van der Waals surface area contributed by atoms with E-state index < -0.39 is 5.63 Å². The zero-order valence-electron chi connectivity index (χ0n) is 16.5. The van der Waals surface area contributed by atoms with Crippen LogP contribution >= 0.6 is 0 Å². The maximum absolute atomic E-state index is 12.4. The molecule has 1 saturated heterocycles. The molecule has 0 aliphatic carbocycles. The van der Waals surface area contributed by atoms with Crippen LogP contribution in [0.5, 0.6) is 5.75 Å². The standard InChI is InChI=1S/C21H28N2O4/c1-5-14-10-16-15(11-19(25)27-18(16)12-17(14)24)13-22-6-8-23(9-7-22)20(26)21(2,3)4/h10-12,24H,5-9,13H2,1-4H3. The molecule has 1 fully saturated rings. The van der Waals surface area contributed by atoms with Gasteiger partial charge in [0.05, 0.1) is 0 Å². The van der Waals surface area contributed by atoms with Gasteiger partial charge in [-0.3, -0.25) is 9.69 Å². The van der Waals surface area contributed by atoms with Gasteiger partial charge in [-0.25, -0.2) is 4.79 Å². The second-order valence-corrected chi connectivity index (χ2v) is 8.24. The second kappa shape index (κ2) is 7.35. The quantitative estimate of drug-likeness (QED) is 0.839. The molecule has 0 saturated carbocycles. The third-order valence-corrected chi connectivity index (χ3v) is 5.11. The number of amides is 1. The third-order valence-electron chi connectivity index (χ3n) is 5.11. The first kappa shape index (κ1) is 19.4. The number of benzene rings is 1. The fourth-order valence-corrected chi connectivity index (χ4v) is 3.55. The number of piperazine rings is 1. The summed E-state index contributed by atoms with van der Waals surface area (Å²) < 4.78 is 5.27. The van der Waals surface area contributed by atoms with Gasteiger partial charge in [0.15, 0.2) is 0 Å². The van der Waals surface area contributed by atoms with E-state index in [0.717, 1.165) is 29.6 Å². The molecule has 2 aromatic rings. The lowest BCUT2D eigenvalue weighted by molar-refractivity contribution is -0.141. The smallest absolute Gasteiger partial charge is 0.336 e. The van der Waals surface area contributed by atoms with Crippen LogP contribution in [0, 0.1) is 5.41 Å². The SMILES string of the molecule is CCc1cc2c(CN3CCN(C(=O)C(C)(C)C)CC3)cc(=O)oc2cc1O. The Kier molecular flexibility index (Phi) is 5.29. The van der Waals surface area contributed by atoms with Gasteiger partial charge >= 0.3 is 5.63 Å². The van der Waals surface area contributed by atoms with Crippen molar-refractivity contribution in [3.8, 4) is 5.75 Å². The molecule has 0 unspecified atom stereocenters. The van der Waals surface area contributed by atoms with Gasteiger partial charge < -0.3 is 14.4 Å². The highest BCUT2D eigenvalue weighted by Crippen LogP contribution is 2.28. The summed E-state index contributed by atoms with van der Waals surface area (Å²) in [5.74, 6) is 0.329. The highest BCUT2D eigenvalue weighted by molar-refractivity contribution is 5.83. The van der Waals surface area contributed by atoms with E-state index in [9.17, 15) is 14.7 Å². The van der Waals surface area contributed by atoms with Gasteiger partial charge in [0.2, 0.25) is 5.91 Å². The molecule has 146 valence electrons. The predicted octanol–water partition coefficient (Wildman–Crippen LogP) is 2.75. The minimum atomic E-state index is -0.414. The molecule has 0 atom stereocenters. The number of aryl methyl sites for hydroxylation is 1. The van der Waals surface area contributed by atoms with Gasteiger partial charge in [0.25, 0.3) is 0 Å².